The molecule has 1 aromatic heterocycles. The van der Waals surface area contributed by atoms with Crippen molar-refractivity contribution in [1.29, 1.82) is 0 Å². The third kappa shape index (κ3) is 4.62. The maximum atomic E-state index is 13.1. The summed E-state index contributed by atoms with van der Waals surface area (Å²) in [5, 5.41) is 6.58. The highest BCUT2D eigenvalue weighted by Crippen LogP contribution is 2.47. The molecular formula is C33H27N3O2. The normalized spacial score (nSPS) is 15.9. The molecule has 1 aliphatic heterocycles. The van der Waals surface area contributed by atoms with Gasteiger partial charge in [-0.25, -0.2) is 0 Å². The van der Waals surface area contributed by atoms with Gasteiger partial charge in [0, 0.05) is 35.5 Å². The molecule has 2 unspecified atom stereocenters. The Kier molecular flexibility index (Phi) is 6.32. The third-order valence-electron chi connectivity index (χ3n) is 7.15. The maximum absolute atomic E-state index is 13.1. The number of carbonyl (C=O) groups is 1. The average molecular weight is 498 g/mol. The highest BCUT2D eigenvalue weighted by atomic mass is 16.1. The summed E-state index contributed by atoms with van der Waals surface area (Å²) in [6, 6.07) is 37.8. The van der Waals surface area contributed by atoms with Gasteiger partial charge in [0.1, 0.15) is 0 Å². The Labute approximate surface area is 221 Å². The van der Waals surface area contributed by atoms with Gasteiger partial charge in [0.05, 0.1) is 6.04 Å². The number of nitrogens with one attached hydrogen (secondary N) is 3. The summed E-state index contributed by atoms with van der Waals surface area (Å²) in [4.78, 5) is 28.7. The molecule has 38 heavy (non-hydrogen) atoms. The first-order valence-corrected chi connectivity index (χ1v) is 12.7. The zero-order chi connectivity index (χ0) is 25.9. The first-order chi connectivity index (χ1) is 18.7. The predicted molar refractivity (Wildman–Crippen MR) is 151 cm³/mol. The van der Waals surface area contributed by atoms with Crippen LogP contribution in [0.1, 0.15) is 44.6 Å². The van der Waals surface area contributed by atoms with E-state index in [1.54, 1.807) is 6.20 Å². The van der Waals surface area contributed by atoms with Crippen molar-refractivity contribution >= 4 is 11.6 Å². The van der Waals surface area contributed by atoms with E-state index in [1.165, 1.54) is 0 Å². The molecule has 2 heterocycles. The topological polar surface area (TPSA) is 74.0 Å². The molecular weight excluding hydrogens is 470 g/mol. The Balaban J connectivity index is 1.36. The summed E-state index contributed by atoms with van der Waals surface area (Å²) in [5.41, 5.74) is 7.46. The van der Waals surface area contributed by atoms with Crippen LogP contribution < -0.4 is 16.2 Å². The molecule has 0 fully saturated rings. The van der Waals surface area contributed by atoms with Crippen LogP contribution in [0.4, 0.5) is 5.69 Å². The van der Waals surface area contributed by atoms with Gasteiger partial charge in [-0.05, 0) is 58.1 Å². The van der Waals surface area contributed by atoms with E-state index in [0.29, 0.717) is 17.7 Å². The minimum absolute atomic E-state index is 0.121. The van der Waals surface area contributed by atoms with Crippen molar-refractivity contribution in [2.75, 3.05) is 5.32 Å². The number of benzene rings is 4. The van der Waals surface area contributed by atoms with E-state index in [9.17, 15) is 9.59 Å². The summed E-state index contributed by atoms with van der Waals surface area (Å²) in [6.07, 6.45) is 1.65. The van der Waals surface area contributed by atoms with E-state index in [2.05, 4.69) is 52.0 Å². The van der Waals surface area contributed by atoms with E-state index in [1.807, 2.05) is 78.9 Å². The zero-order valence-electron chi connectivity index (χ0n) is 20.7. The number of carbonyl (C=O) groups excluding carboxylic acids is 1. The molecule has 1 amide bonds. The Bertz CT molecular complexity index is 1630. The number of amides is 1. The number of aromatic nitrogens is 1. The standard InChI is InChI=1S/C33H27N3O2/c37-32(35-21-22-8-3-1-4-9-22)26-17-18-29-28(20-26)30(31(36-29)27-12-7-19-34-33(27)38)25-15-13-24(14-16-25)23-10-5-2-6-11-23/h1-20,30-31,36H,21H2,(H,34,38)(H,35,37). The lowest BCUT2D eigenvalue weighted by Gasteiger charge is -2.21. The van der Waals surface area contributed by atoms with Gasteiger partial charge in [0.2, 0.25) is 0 Å². The largest absolute Gasteiger partial charge is 0.377 e. The fourth-order valence-corrected chi connectivity index (χ4v) is 5.23. The fourth-order valence-electron chi connectivity index (χ4n) is 5.23. The van der Waals surface area contributed by atoms with Crippen LogP contribution in [0, 0.1) is 0 Å². The monoisotopic (exact) mass is 497 g/mol. The van der Waals surface area contributed by atoms with Gasteiger partial charge >= 0.3 is 0 Å². The predicted octanol–water partition coefficient (Wildman–Crippen LogP) is 6.27. The van der Waals surface area contributed by atoms with Crippen LogP contribution in [0.15, 0.2) is 126 Å². The molecule has 1 aliphatic rings. The van der Waals surface area contributed by atoms with Crippen LogP contribution in [0.5, 0.6) is 0 Å². The number of fused-ring (bicyclic) bond motifs is 1. The second-order valence-electron chi connectivity index (χ2n) is 9.51. The Morgan fingerprint density at radius 3 is 2.18 bits per heavy atom. The highest BCUT2D eigenvalue weighted by Gasteiger charge is 2.36. The number of anilines is 1. The summed E-state index contributed by atoms with van der Waals surface area (Å²) in [5.74, 6) is -0.268. The van der Waals surface area contributed by atoms with Crippen LogP contribution in [0.3, 0.4) is 0 Å². The van der Waals surface area contributed by atoms with Gasteiger partial charge in [0.25, 0.3) is 11.5 Å². The van der Waals surface area contributed by atoms with Crippen molar-refractivity contribution in [2.24, 2.45) is 0 Å². The van der Waals surface area contributed by atoms with E-state index < -0.39 is 0 Å². The summed E-state index contributed by atoms with van der Waals surface area (Å²) in [6.45, 7) is 0.460. The van der Waals surface area contributed by atoms with E-state index in [-0.39, 0.29) is 23.4 Å². The van der Waals surface area contributed by atoms with Gasteiger partial charge in [-0.3, -0.25) is 9.59 Å². The second kappa shape index (κ2) is 10.2. The molecule has 0 bridgehead atoms. The lowest BCUT2D eigenvalue weighted by atomic mass is 9.84. The second-order valence-corrected chi connectivity index (χ2v) is 9.51. The molecule has 0 saturated heterocycles. The smallest absolute Gasteiger partial charge is 0.253 e. The van der Waals surface area contributed by atoms with Gasteiger partial charge in [-0.1, -0.05) is 84.9 Å². The number of pyridine rings is 1. The molecule has 4 aromatic carbocycles. The van der Waals surface area contributed by atoms with Crippen molar-refractivity contribution in [1.82, 2.24) is 10.3 Å². The maximum Gasteiger partial charge on any atom is 0.253 e. The SMILES string of the molecule is O=C(NCc1ccccc1)c1ccc2c(c1)C(c1ccc(-c3ccccc3)cc1)C(c1ccc[nH]c1=O)N2. The molecule has 0 aliphatic carbocycles. The Hall–Kier alpha value is -4.90. The molecule has 5 heteroatoms. The van der Waals surface area contributed by atoms with Crippen molar-refractivity contribution in [3.05, 3.63) is 160 Å². The Morgan fingerprint density at radius 2 is 1.45 bits per heavy atom. The molecule has 6 rings (SSSR count). The lowest BCUT2D eigenvalue weighted by Crippen LogP contribution is -2.23. The molecule has 0 radical (unpaired) electrons. The van der Waals surface area contributed by atoms with Crippen molar-refractivity contribution < 1.29 is 4.79 Å². The summed E-state index contributed by atoms with van der Waals surface area (Å²) in [7, 11) is 0. The molecule has 0 spiro atoms. The van der Waals surface area contributed by atoms with Crippen LogP contribution in [0.2, 0.25) is 0 Å². The molecule has 3 N–H and O–H groups in total. The molecule has 2 atom stereocenters. The van der Waals surface area contributed by atoms with E-state index >= 15 is 0 Å². The number of hydrogen-bond acceptors (Lipinski definition) is 3. The summed E-state index contributed by atoms with van der Waals surface area (Å²) < 4.78 is 0. The number of aromatic amines is 1. The first kappa shape index (κ1) is 23.5. The van der Waals surface area contributed by atoms with Gasteiger partial charge < -0.3 is 15.6 Å². The molecule has 0 saturated carbocycles. The quantitative estimate of drug-likeness (QED) is 0.259. The van der Waals surface area contributed by atoms with Crippen LogP contribution in [0.25, 0.3) is 11.1 Å². The Morgan fingerprint density at radius 1 is 0.737 bits per heavy atom. The molecule has 5 nitrogen and oxygen atoms in total. The minimum Gasteiger partial charge on any atom is -0.377 e. The van der Waals surface area contributed by atoms with Gasteiger partial charge in [-0.2, -0.15) is 0 Å². The van der Waals surface area contributed by atoms with Crippen LogP contribution >= 0.6 is 0 Å². The highest BCUT2D eigenvalue weighted by molar-refractivity contribution is 5.95. The van der Waals surface area contributed by atoms with Crippen LogP contribution in [-0.2, 0) is 6.54 Å². The van der Waals surface area contributed by atoms with E-state index in [4.69, 9.17) is 0 Å². The van der Waals surface area contributed by atoms with Gasteiger partial charge in [0.15, 0.2) is 0 Å². The van der Waals surface area contributed by atoms with Crippen molar-refractivity contribution in [2.45, 2.75) is 18.5 Å². The number of hydrogen-bond donors (Lipinski definition) is 3. The summed E-state index contributed by atoms with van der Waals surface area (Å²) >= 11 is 0. The van der Waals surface area contributed by atoms with Gasteiger partial charge in [-0.15, -0.1) is 0 Å². The zero-order valence-corrected chi connectivity index (χ0v) is 20.7. The minimum atomic E-state index is -0.264. The fraction of sp³-hybridized carbons (Fsp3) is 0.0909. The number of H-pyrrole nitrogens is 1. The number of rotatable bonds is 6. The average Bonchev–Trinajstić information content (AvgIpc) is 3.36. The lowest BCUT2D eigenvalue weighted by molar-refractivity contribution is 0.0951. The van der Waals surface area contributed by atoms with Crippen LogP contribution in [-0.4, -0.2) is 10.9 Å². The first-order valence-electron chi connectivity index (χ1n) is 12.7. The molecule has 5 aromatic rings. The van der Waals surface area contributed by atoms with Crippen molar-refractivity contribution in [3.63, 3.8) is 0 Å². The van der Waals surface area contributed by atoms with Crippen molar-refractivity contribution in [3.8, 4) is 11.1 Å². The van der Waals surface area contributed by atoms with E-state index in [0.717, 1.165) is 33.5 Å². The molecule has 186 valence electrons. The third-order valence-corrected chi connectivity index (χ3v) is 7.15.